The molecule has 0 heterocycles. The summed E-state index contributed by atoms with van der Waals surface area (Å²) in [6.07, 6.45) is 1.61. The molecule has 2 heteroatoms. The average Bonchev–Trinajstić information content (AvgIpc) is 1.97. The summed E-state index contributed by atoms with van der Waals surface area (Å²) in [5, 5.41) is 0.406. The van der Waals surface area contributed by atoms with Crippen LogP contribution in [-0.4, -0.2) is 0 Å². The fourth-order valence-electron chi connectivity index (χ4n) is 0.836. The van der Waals surface area contributed by atoms with Gasteiger partial charge in [-0.15, -0.1) is 0 Å². The molecule has 58 valence electrons. The van der Waals surface area contributed by atoms with Crippen LogP contribution < -0.4 is 0 Å². The third kappa shape index (κ3) is 1.60. The molecule has 0 atom stereocenters. The molecule has 0 saturated carbocycles. The van der Waals surface area contributed by atoms with Crippen molar-refractivity contribution in [2.45, 2.75) is 6.92 Å². The molecule has 0 N–H and O–H groups in total. The molecular formula is C9H8ClF. The fraction of sp³-hybridized carbons (Fsp3) is 0.111. The van der Waals surface area contributed by atoms with Gasteiger partial charge in [0.2, 0.25) is 0 Å². The van der Waals surface area contributed by atoms with Crippen molar-refractivity contribution in [3.05, 3.63) is 40.7 Å². The standard InChI is InChI=1S/C9H8ClF/c1-3-7-4-6(2)9(11)5-8(7)10/h3-5H,1H2,2H3. The van der Waals surface area contributed by atoms with Crippen LogP contribution in [0, 0.1) is 12.7 Å². The molecule has 0 radical (unpaired) electrons. The number of aryl methyl sites for hydroxylation is 1. The molecule has 1 aromatic carbocycles. The molecule has 11 heavy (non-hydrogen) atoms. The third-order valence-electron chi connectivity index (χ3n) is 1.50. The lowest BCUT2D eigenvalue weighted by molar-refractivity contribution is 0.618. The molecule has 1 rings (SSSR count). The lowest BCUT2D eigenvalue weighted by Gasteiger charge is -2.00. The van der Waals surface area contributed by atoms with Crippen molar-refractivity contribution in [3.63, 3.8) is 0 Å². The van der Waals surface area contributed by atoms with Gasteiger partial charge in [0.25, 0.3) is 0 Å². The Morgan fingerprint density at radius 1 is 1.55 bits per heavy atom. The number of hydrogen-bond acceptors (Lipinski definition) is 0. The summed E-state index contributed by atoms with van der Waals surface area (Å²) in [6, 6.07) is 2.97. The van der Waals surface area contributed by atoms with Gasteiger partial charge in [-0.1, -0.05) is 24.3 Å². The van der Waals surface area contributed by atoms with Crippen molar-refractivity contribution in [1.82, 2.24) is 0 Å². The SMILES string of the molecule is C=Cc1cc(C)c(F)cc1Cl. The molecule has 0 spiro atoms. The Kier molecular flexibility index (Phi) is 2.30. The second kappa shape index (κ2) is 3.05. The number of halogens is 2. The van der Waals surface area contributed by atoms with Crippen LogP contribution in [0.25, 0.3) is 6.08 Å². The maximum atomic E-state index is 12.8. The van der Waals surface area contributed by atoms with Crippen molar-refractivity contribution >= 4 is 17.7 Å². The van der Waals surface area contributed by atoms with Gasteiger partial charge in [0, 0.05) is 0 Å². The first kappa shape index (κ1) is 8.28. The van der Waals surface area contributed by atoms with Gasteiger partial charge in [0.15, 0.2) is 0 Å². The highest BCUT2D eigenvalue weighted by molar-refractivity contribution is 6.32. The highest BCUT2D eigenvalue weighted by Crippen LogP contribution is 2.20. The zero-order valence-corrected chi connectivity index (χ0v) is 6.95. The summed E-state index contributed by atoms with van der Waals surface area (Å²) in [4.78, 5) is 0. The van der Waals surface area contributed by atoms with Crippen LogP contribution in [0.4, 0.5) is 4.39 Å². The van der Waals surface area contributed by atoms with E-state index in [4.69, 9.17) is 11.6 Å². The smallest absolute Gasteiger partial charge is 0.127 e. The highest BCUT2D eigenvalue weighted by atomic mass is 35.5. The number of benzene rings is 1. The first-order valence-electron chi connectivity index (χ1n) is 3.23. The largest absolute Gasteiger partial charge is 0.207 e. The molecule has 0 aliphatic carbocycles. The molecule has 0 aliphatic rings. The summed E-state index contributed by atoms with van der Waals surface area (Å²) < 4.78 is 12.8. The van der Waals surface area contributed by atoms with Crippen molar-refractivity contribution in [3.8, 4) is 0 Å². The Balaban J connectivity index is 3.31. The van der Waals surface area contributed by atoms with E-state index in [9.17, 15) is 4.39 Å². The average molecular weight is 171 g/mol. The summed E-state index contributed by atoms with van der Waals surface area (Å²) in [5.74, 6) is -0.277. The fourth-order valence-corrected chi connectivity index (χ4v) is 1.06. The quantitative estimate of drug-likeness (QED) is 0.606. The van der Waals surface area contributed by atoms with Crippen LogP contribution in [0.5, 0.6) is 0 Å². The van der Waals surface area contributed by atoms with E-state index in [0.29, 0.717) is 10.6 Å². The molecule has 0 nitrogen and oxygen atoms in total. The minimum absolute atomic E-state index is 0.277. The molecule has 0 fully saturated rings. The van der Waals surface area contributed by atoms with E-state index >= 15 is 0 Å². The zero-order chi connectivity index (χ0) is 8.43. The maximum Gasteiger partial charge on any atom is 0.127 e. The second-order valence-corrected chi connectivity index (χ2v) is 2.73. The van der Waals surface area contributed by atoms with Gasteiger partial charge in [-0.25, -0.2) is 4.39 Å². The first-order chi connectivity index (χ1) is 5.15. The molecular weight excluding hydrogens is 163 g/mol. The van der Waals surface area contributed by atoms with Crippen LogP contribution in [0.2, 0.25) is 5.02 Å². The number of hydrogen-bond donors (Lipinski definition) is 0. The summed E-state index contributed by atoms with van der Waals surface area (Å²) >= 11 is 5.69. The van der Waals surface area contributed by atoms with Crippen LogP contribution in [0.3, 0.4) is 0 Å². The van der Waals surface area contributed by atoms with E-state index in [1.54, 1.807) is 19.1 Å². The van der Waals surface area contributed by atoms with Gasteiger partial charge in [-0.3, -0.25) is 0 Å². The Bertz CT molecular complexity index is 292. The predicted molar refractivity (Wildman–Crippen MR) is 46.2 cm³/mol. The molecule has 0 aliphatic heterocycles. The minimum atomic E-state index is -0.277. The molecule has 0 saturated heterocycles. The van der Waals surface area contributed by atoms with Gasteiger partial charge in [0.05, 0.1) is 5.02 Å². The predicted octanol–water partition coefficient (Wildman–Crippen LogP) is 3.43. The van der Waals surface area contributed by atoms with E-state index in [1.807, 2.05) is 0 Å². The summed E-state index contributed by atoms with van der Waals surface area (Å²) in [5.41, 5.74) is 1.36. The molecule has 0 amide bonds. The van der Waals surface area contributed by atoms with Gasteiger partial charge >= 0.3 is 0 Å². The van der Waals surface area contributed by atoms with E-state index in [0.717, 1.165) is 5.56 Å². The van der Waals surface area contributed by atoms with E-state index in [-0.39, 0.29) is 5.82 Å². The number of rotatable bonds is 1. The Hall–Kier alpha value is -0.820. The van der Waals surface area contributed by atoms with Crippen molar-refractivity contribution in [1.29, 1.82) is 0 Å². The second-order valence-electron chi connectivity index (χ2n) is 2.33. The minimum Gasteiger partial charge on any atom is -0.207 e. The van der Waals surface area contributed by atoms with Crippen molar-refractivity contribution < 1.29 is 4.39 Å². The molecule has 0 bridgehead atoms. The molecule has 1 aromatic rings. The van der Waals surface area contributed by atoms with Crippen molar-refractivity contribution in [2.24, 2.45) is 0 Å². The topological polar surface area (TPSA) is 0 Å². The van der Waals surface area contributed by atoms with Gasteiger partial charge in [0.1, 0.15) is 5.82 Å². The van der Waals surface area contributed by atoms with E-state index in [2.05, 4.69) is 6.58 Å². The first-order valence-corrected chi connectivity index (χ1v) is 3.61. The van der Waals surface area contributed by atoms with E-state index < -0.39 is 0 Å². The zero-order valence-electron chi connectivity index (χ0n) is 6.20. The normalized spacial score (nSPS) is 9.73. The molecule has 0 aromatic heterocycles. The van der Waals surface area contributed by atoms with Gasteiger partial charge in [-0.05, 0) is 30.2 Å². The Morgan fingerprint density at radius 2 is 2.18 bits per heavy atom. The lowest BCUT2D eigenvalue weighted by Crippen LogP contribution is -1.84. The Morgan fingerprint density at radius 3 is 2.73 bits per heavy atom. The third-order valence-corrected chi connectivity index (χ3v) is 1.83. The van der Waals surface area contributed by atoms with Gasteiger partial charge in [-0.2, -0.15) is 0 Å². The maximum absolute atomic E-state index is 12.8. The van der Waals surface area contributed by atoms with Crippen molar-refractivity contribution in [2.75, 3.05) is 0 Å². The molecule has 0 unspecified atom stereocenters. The van der Waals surface area contributed by atoms with Gasteiger partial charge < -0.3 is 0 Å². The highest BCUT2D eigenvalue weighted by Gasteiger charge is 2.01. The summed E-state index contributed by atoms with van der Waals surface area (Å²) in [7, 11) is 0. The lowest BCUT2D eigenvalue weighted by atomic mass is 10.1. The monoisotopic (exact) mass is 170 g/mol. The van der Waals surface area contributed by atoms with Crippen LogP contribution in [0.1, 0.15) is 11.1 Å². The Labute approximate surface area is 70.3 Å². The van der Waals surface area contributed by atoms with Crippen LogP contribution in [-0.2, 0) is 0 Å². The van der Waals surface area contributed by atoms with E-state index in [1.165, 1.54) is 6.07 Å². The van der Waals surface area contributed by atoms with Crippen LogP contribution in [0.15, 0.2) is 18.7 Å². The summed E-state index contributed by atoms with van der Waals surface area (Å²) in [6.45, 7) is 5.25. The van der Waals surface area contributed by atoms with Crippen LogP contribution >= 0.6 is 11.6 Å².